The molecule has 0 unspecified atom stereocenters. The van der Waals surface area contributed by atoms with Gasteiger partial charge in [0.05, 0.1) is 6.61 Å². The Balaban J connectivity index is 1.88. The summed E-state index contributed by atoms with van der Waals surface area (Å²) in [6.07, 6.45) is 3.27. The van der Waals surface area contributed by atoms with Crippen LogP contribution in [-0.4, -0.2) is 17.8 Å². The van der Waals surface area contributed by atoms with Gasteiger partial charge in [-0.3, -0.25) is 0 Å². The van der Waals surface area contributed by atoms with Crippen LogP contribution >= 0.6 is 15.9 Å². The predicted octanol–water partition coefficient (Wildman–Crippen LogP) is 4.47. The zero-order chi connectivity index (χ0) is 13.0. The summed E-state index contributed by atoms with van der Waals surface area (Å²) in [6, 6.07) is 8.52. The van der Waals surface area contributed by atoms with E-state index in [0.717, 1.165) is 36.6 Å². The van der Waals surface area contributed by atoms with Crippen molar-refractivity contribution in [1.82, 2.24) is 4.57 Å². The van der Waals surface area contributed by atoms with Gasteiger partial charge in [-0.2, -0.15) is 0 Å². The minimum Gasteiger partial charge on any atom is -0.380 e. The summed E-state index contributed by atoms with van der Waals surface area (Å²) >= 11 is 3.49. The van der Waals surface area contributed by atoms with Gasteiger partial charge in [-0.05, 0) is 36.6 Å². The number of fused-ring (bicyclic) bond motifs is 1. The number of benzene rings is 1. The average Bonchev–Trinajstić information content (AvgIpc) is 2.70. The van der Waals surface area contributed by atoms with Gasteiger partial charge < -0.3 is 9.30 Å². The molecule has 0 radical (unpaired) electrons. The van der Waals surface area contributed by atoms with Crippen molar-refractivity contribution in [1.29, 1.82) is 0 Å². The molecule has 0 atom stereocenters. The van der Waals surface area contributed by atoms with Gasteiger partial charge in [-0.25, -0.2) is 0 Å². The van der Waals surface area contributed by atoms with Crippen molar-refractivity contribution >= 4 is 26.8 Å². The maximum absolute atomic E-state index is 5.66. The highest BCUT2D eigenvalue weighted by atomic mass is 79.9. The highest BCUT2D eigenvalue weighted by Crippen LogP contribution is 2.20. The van der Waals surface area contributed by atoms with Crippen LogP contribution in [0.15, 0.2) is 34.9 Å². The fraction of sp³-hybridized carbons (Fsp3) is 0.467. The molecule has 0 bridgehead atoms. The van der Waals surface area contributed by atoms with E-state index in [-0.39, 0.29) is 0 Å². The van der Waals surface area contributed by atoms with Crippen LogP contribution in [0.1, 0.15) is 20.3 Å². The second-order valence-electron chi connectivity index (χ2n) is 5.01. The van der Waals surface area contributed by atoms with Gasteiger partial charge in [-0.15, -0.1) is 0 Å². The lowest BCUT2D eigenvalue weighted by atomic mass is 10.1. The normalized spacial score (nSPS) is 11.6. The van der Waals surface area contributed by atoms with Crippen LogP contribution < -0.4 is 0 Å². The second kappa shape index (κ2) is 6.39. The molecule has 18 heavy (non-hydrogen) atoms. The summed E-state index contributed by atoms with van der Waals surface area (Å²) in [4.78, 5) is 0. The van der Waals surface area contributed by atoms with Crippen molar-refractivity contribution < 1.29 is 4.74 Å². The van der Waals surface area contributed by atoms with Crippen molar-refractivity contribution in [2.75, 3.05) is 13.2 Å². The smallest absolute Gasteiger partial charge is 0.0645 e. The van der Waals surface area contributed by atoms with E-state index in [1.165, 1.54) is 10.9 Å². The SMILES string of the molecule is CC(C)CCOCCn1ccc2cc(Br)ccc21. The van der Waals surface area contributed by atoms with Crippen molar-refractivity contribution in [3.05, 3.63) is 34.9 Å². The average molecular weight is 310 g/mol. The summed E-state index contributed by atoms with van der Waals surface area (Å²) in [5.74, 6) is 0.717. The number of halogens is 1. The molecule has 0 aliphatic rings. The summed E-state index contributed by atoms with van der Waals surface area (Å²) in [6.45, 7) is 7.01. The molecule has 2 rings (SSSR count). The first kappa shape index (κ1) is 13.6. The van der Waals surface area contributed by atoms with Crippen LogP contribution in [-0.2, 0) is 11.3 Å². The van der Waals surface area contributed by atoms with Crippen LogP contribution in [0.25, 0.3) is 10.9 Å². The van der Waals surface area contributed by atoms with Crippen molar-refractivity contribution in [3.8, 4) is 0 Å². The lowest BCUT2D eigenvalue weighted by molar-refractivity contribution is 0.117. The fourth-order valence-electron chi connectivity index (χ4n) is 1.95. The molecule has 0 aliphatic carbocycles. The summed E-state index contributed by atoms with van der Waals surface area (Å²) in [5.41, 5.74) is 1.27. The third-order valence-electron chi connectivity index (χ3n) is 3.05. The van der Waals surface area contributed by atoms with Crippen LogP contribution in [0.5, 0.6) is 0 Å². The summed E-state index contributed by atoms with van der Waals surface area (Å²) in [7, 11) is 0. The number of hydrogen-bond acceptors (Lipinski definition) is 1. The molecule has 1 aromatic heterocycles. The molecule has 0 saturated carbocycles. The van der Waals surface area contributed by atoms with Gasteiger partial charge in [0.2, 0.25) is 0 Å². The minimum atomic E-state index is 0.717. The van der Waals surface area contributed by atoms with Gasteiger partial charge >= 0.3 is 0 Å². The van der Waals surface area contributed by atoms with Crippen molar-refractivity contribution in [3.63, 3.8) is 0 Å². The van der Waals surface area contributed by atoms with Crippen LogP contribution in [0.4, 0.5) is 0 Å². The minimum absolute atomic E-state index is 0.717. The first-order chi connectivity index (χ1) is 8.66. The van der Waals surface area contributed by atoms with Gasteiger partial charge in [0.15, 0.2) is 0 Å². The van der Waals surface area contributed by atoms with Crippen LogP contribution in [0.2, 0.25) is 0 Å². The molecule has 0 N–H and O–H groups in total. The molecule has 2 aromatic rings. The maximum Gasteiger partial charge on any atom is 0.0645 e. The van der Waals surface area contributed by atoms with Gasteiger partial charge in [-0.1, -0.05) is 29.8 Å². The Morgan fingerprint density at radius 1 is 1.22 bits per heavy atom. The van der Waals surface area contributed by atoms with E-state index < -0.39 is 0 Å². The Kier molecular flexibility index (Phi) is 4.84. The number of hydrogen-bond donors (Lipinski definition) is 0. The molecule has 0 saturated heterocycles. The third-order valence-corrected chi connectivity index (χ3v) is 3.54. The van der Waals surface area contributed by atoms with E-state index in [4.69, 9.17) is 4.74 Å². The Morgan fingerprint density at radius 2 is 2.06 bits per heavy atom. The molecule has 0 amide bonds. The van der Waals surface area contributed by atoms with E-state index in [1.807, 2.05) is 0 Å². The Bertz CT molecular complexity index is 504. The number of rotatable bonds is 6. The molecule has 98 valence electrons. The Hall–Kier alpha value is -0.800. The number of aromatic nitrogens is 1. The van der Waals surface area contributed by atoms with Gasteiger partial charge in [0.1, 0.15) is 0 Å². The third kappa shape index (κ3) is 3.59. The Labute approximate surface area is 117 Å². The molecule has 0 spiro atoms. The quantitative estimate of drug-likeness (QED) is 0.718. The second-order valence-corrected chi connectivity index (χ2v) is 5.92. The molecular weight excluding hydrogens is 290 g/mol. The van der Waals surface area contributed by atoms with E-state index >= 15 is 0 Å². The number of nitrogens with zero attached hydrogens (tertiary/aromatic N) is 1. The largest absolute Gasteiger partial charge is 0.380 e. The van der Waals surface area contributed by atoms with Gasteiger partial charge in [0, 0.05) is 34.7 Å². The monoisotopic (exact) mass is 309 g/mol. The highest BCUT2D eigenvalue weighted by Gasteiger charge is 2.01. The first-order valence-electron chi connectivity index (χ1n) is 6.49. The molecule has 2 nitrogen and oxygen atoms in total. The standard InChI is InChI=1S/C15H20BrNO/c1-12(2)6-9-18-10-8-17-7-5-13-11-14(16)3-4-15(13)17/h3-5,7,11-12H,6,8-10H2,1-2H3. The van der Waals surface area contributed by atoms with E-state index in [9.17, 15) is 0 Å². The topological polar surface area (TPSA) is 14.2 Å². The highest BCUT2D eigenvalue weighted by molar-refractivity contribution is 9.10. The molecule has 0 aliphatic heterocycles. The molecular formula is C15H20BrNO. The van der Waals surface area contributed by atoms with Gasteiger partial charge in [0.25, 0.3) is 0 Å². The van der Waals surface area contributed by atoms with E-state index in [2.05, 4.69) is 64.8 Å². The zero-order valence-electron chi connectivity index (χ0n) is 11.0. The van der Waals surface area contributed by atoms with Crippen molar-refractivity contribution in [2.24, 2.45) is 5.92 Å². The Morgan fingerprint density at radius 3 is 2.83 bits per heavy atom. The number of ether oxygens (including phenoxy) is 1. The predicted molar refractivity (Wildman–Crippen MR) is 79.9 cm³/mol. The zero-order valence-corrected chi connectivity index (χ0v) is 12.6. The van der Waals surface area contributed by atoms with Crippen molar-refractivity contribution in [2.45, 2.75) is 26.8 Å². The van der Waals surface area contributed by atoms with E-state index in [1.54, 1.807) is 0 Å². The molecule has 1 aromatic carbocycles. The lowest BCUT2D eigenvalue weighted by Gasteiger charge is -2.08. The van der Waals surface area contributed by atoms with Crippen LogP contribution in [0.3, 0.4) is 0 Å². The molecule has 0 fully saturated rings. The molecule has 3 heteroatoms. The maximum atomic E-state index is 5.66. The summed E-state index contributed by atoms with van der Waals surface area (Å²) < 4.78 is 9.03. The summed E-state index contributed by atoms with van der Waals surface area (Å²) in [5, 5.41) is 1.27. The van der Waals surface area contributed by atoms with Crippen LogP contribution in [0, 0.1) is 5.92 Å². The fourth-order valence-corrected chi connectivity index (χ4v) is 2.33. The molecule has 1 heterocycles. The first-order valence-corrected chi connectivity index (χ1v) is 7.28. The van der Waals surface area contributed by atoms with E-state index in [0.29, 0.717) is 0 Å². The lowest BCUT2D eigenvalue weighted by Crippen LogP contribution is -2.07.